The van der Waals surface area contributed by atoms with E-state index in [1.165, 1.54) is 6.07 Å². The molecule has 74 valence electrons. The molecular formula is C11H10BrFO. The van der Waals surface area contributed by atoms with Crippen LogP contribution in [0.5, 0.6) is 0 Å². The lowest BCUT2D eigenvalue weighted by molar-refractivity contribution is 0.0863. The van der Waals surface area contributed by atoms with Crippen molar-refractivity contribution in [1.29, 1.82) is 0 Å². The Morgan fingerprint density at radius 1 is 1.43 bits per heavy atom. The molecule has 3 heteroatoms. The number of hydrogen-bond donors (Lipinski definition) is 0. The van der Waals surface area contributed by atoms with Gasteiger partial charge in [-0.3, -0.25) is 4.79 Å². The molecule has 0 bridgehead atoms. The second kappa shape index (κ2) is 2.89. The molecule has 0 radical (unpaired) electrons. The van der Waals surface area contributed by atoms with Gasteiger partial charge in [0, 0.05) is 21.0 Å². The summed E-state index contributed by atoms with van der Waals surface area (Å²) in [6.45, 7) is 3.70. The van der Waals surface area contributed by atoms with Crippen LogP contribution in [0, 0.1) is 11.2 Å². The summed E-state index contributed by atoms with van der Waals surface area (Å²) in [6.07, 6.45) is 0.493. The van der Waals surface area contributed by atoms with Gasteiger partial charge in [0.1, 0.15) is 5.82 Å². The molecule has 1 nitrogen and oxygen atoms in total. The summed E-state index contributed by atoms with van der Waals surface area (Å²) in [5, 5.41) is 0. The van der Waals surface area contributed by atoms with Crippen LogP contribution in [-0.2, 0) is 6.42 Å². The van der Waals surface area contributed by atoms with Crippen molar-refractivity contribution in [1.82, 2.24) is 0 Å². The van der Waals surface area contributed by atoms with Crippen LogP contribution in [0.15, 0.2) is 16.6 Å². The predicted octanol–water partition coefficient (Wildman–Crippen LogP) is 3.35. The topological polar surface area (TPSA) is 17.1 Å². The van der Waals surface area contributed by atoms with Crippen molar-refractivity contribution in [2.45, 2.75) is 20.3 Å². The fourth-order valence-electron chi connectivity index (χ4n) is 1.87. The Labute approximate surface area is 90.4 Å². The zero-order valence-corrected chi connectivity index (χ0v) is 9.61. The lowest BCUT2D eigenvalue weighted by Crippen LogP contribution is -2.19. The van der Waals surface area contributed by atoms with Gasteiger partial charge >= 0.3 is 0 Å². The van der Waals surface area contributed by atoms with E-state index in [1.54, 1.807) is 6.07 Å². The Balaban J connectivity index is 2.70. The van der Waals surface area contributed by atoms with Crippen molar-refractivity contribution in [2.75, 3.05) is 0 Å². The zero-order chi connectivity index (χ0) is 10.5. The number of hydrogen-bond acceptors (Lipinski definition) is 1. The van der Waals surface area contributed by atoms with Crippen molar-refractivity contribution in [3.8, 4) is 0 Å². The van der Waals surface area contributed by atoms with E-state index in [4.69, 9.17) is 0 Å². The second-order valence-corrected chi connectivity index (χ2v) is 5.13. The maximum atomic E-state index is 13.4. The molecule has 0 saturated carbocycles. The first kappa shape index (κ1) is 9.84. The fourth-order valence-corrected chi connectivity index (χ4v) is 2.42. The molecule has 0 atom stereocenters. The molecule has 0 spiro atoms. The smallest absolute Gasteiger partial charge is 0.170 e. The summed E-state index contributed by atoms with van der Waals surface area (Å²) in [5.41, 5.74) is 0.608. The van der Waals surface area contributed by atoms with Gasteiger partial charge in [-0.1, -0.05) is 29.8 Å². The average Bonchev–Trinajstić information content (AvgIpc) is 2.33. The quantitative estimate of drug-likeness (QED) is 0.696. The van der Waals surface area contributed by atoms with Crippen LogP contribution in [0.25, 0.3) is 0 Å². The third-order valence-corrected chi connectivity index (χ3v) is 3.33. The van der Waals surface area contributed by atoms with Gasteiger partial charge in [0.05, 0.1) is 0 Å². The van der Waals surface area contributed by atoms with Crippen molar-refractivity contribution in [3.63, 3.8) is 0 Å². The highest BCUT2D eigenvalue weighted by Gasteiger charge is 2.40. The Morgan fingerprint density at radius 3 is 2.64 bits per heavy atom. The van der Waals surface area contributed by atoms with E-state index in [0.717, 1.165) is 0 Å². The van der Waals surface area contributed by atoms with Gasteiger partial charge in [0.25, 0.3) is 0 Å². The predicted molar refractivity (Wildman–Crippen MR) is 55.9 cm³/mol. The summed E-state index contributed by atoms with van der Waals surface area (Å²) in [4.78, 5) is 11.9. The highest BCUT2D eigenvalue weighted by atomic mass is 79.9. The first-order valence-corrected chi connectivity index (χ1v) is 5.24. The van der Waals surface area contributed by atoms with Crippen LogP contribution < -0.4 is 0 Å². The number of halogens is 2. The summed E-state index contributed by atoms with van der Waals surface area (Å²) in [5.74, 6) is -0.249. The molecule has 1 aliphatic carbocycles. The molecule has 0 N–H and O–H groups in total. The van der Waals surface area contributed by atoms with E-state index in [2.05, 4.69) is 15.9 Å². The van der Waals surface area contributed by atoms with Gasteiger partial charge in [-0.05, 0) is 18.6 Å². The lowest BCUT2D eigenvalue weighted by Gasteiger charge is -2.13. The molecule has 0 saturated heterocycles. The van der Waals surface area contributed by atoms with Crippen LogP contribution in [0.1, 0.15) is 29.8 Å². The van der Waals surface area contributed by atoms with Crippen molar-refractivity contribution < 1.29 is 9.18 Å². The van der Waals surface area contributed by atoms with Gasteiger partial charge in [-0.25, -0.2) is 4.39 Å². The average molecular weight is 257 g/mol. The molecule has 0 amide bonds. The number of benzene rings is 1. The number of carbonyl (C=O) groups excluding carboxylic acids is 1. The van der Waals surface area contributed by atoms with Crippen molar-refractivity contribution >= 4 is 21.7 Å². The Morgan fingerprint density at radius 2 is 2.07 bits per heavy atom. The first-order chi connectivity index (χ1) is 6.43. The zero-order valence-electron chi connectivity index (χ0n) is 8.03. The van der Waals surface area contributed by atoms with E-state index >= 15 is 0 Å². The van der Waals surface area contributed by atoms with Crippen molar-refractivity contribution in [2.24, 2.45) is 5.41 Å². The lowest BCUT2D eigenvalue weighted by atomic mass is 9.89. The Bertz CT molecular complexity index is 424. The van der Waals surface area contributed by atoms with Crippen LogP contribution >= 0.6 is 15.9 Å². The Kier molecular flexibility index (Phi) is 2.03. The van der Waals surface area contributed by atoms with Crippen molar-refractivity contribution in [3.05, 3.63) is 33.5 Å². The number of rotatable bonds is 0. The van der Waals surface area contributed by atoms with Crippen LogP contribution in [0.2, 0.25) is 0 Å². The first-order valence-electron chi connectivity index (χ1n) is 4.45. The summed E-state index contributed by atoms with van der Waals surface area (Å²) >= 11 is 3.29. The molecule has 1 aromatic carbocycles. The summed E-state index contributed by atoms with van der Waals surface area (Å²) < 4.78 is 14.1. The maximum Gasteiger partial charge on any atom is 0.170 e. The van der Waals surface area contributed by atoms with E-state index in [0.29, 0.717) is 22.0 Å². The Hall–Kier alpha value is -0.700. The standard InChI is InChI=1S/C11H10BrFO/c1-11(2)5-6-8(13)4-3-7(12)9(6)10(11)14/h3-4H,5H2,1-2H3. The molecule has 1 aromatic rings. The molecule has 1 aliphatic rings. The second-order valence-electron chi connectivity index (χ2n) is 4.27. The SMILES string of the molecule is CC1(C)Cc2c(F)ccc(Br)c2C1=O. The molecule has 0 aliphatic heterocycles. The monoisotopic (exact) mass is 256 g/mol. The van der Waals surface area contributed by atoms with E-state index in [9.17, 15) is 9.18 Å². The third kappa shape index (κ3) is 1.22. The fraction of sp³-hybridized carbons (Fsp3) is 0.364. The highest BCUT2D eigenvalue weighted by Crippen LogP contribution is 2.40. The minimum atomic E-state index is -0.465. The molecule has 0 unspecified atom stereocenters. The van der Waals surface area contributed by atoms with Gasteiger partial charge < -0.3 is 0 Å². The van der Waals surface area contributed by atoms with Gasteiger partial charge in [-0.2, -0.15) is 0 Å². The van der Waals surface area contributed by atoms with Gasteiger partial charge in [0.2, 0.25) is 0 Å². The number of ketones is 1. The van der Waals surface area contributed by atoms with Crippen LogP contribution in [-0.4, -0.2) is 5.78 Å². The molecule has 14 heavy (non-hydrogen) atoms. The maximum absolute atomic E-state index is 13.4. The molecule has 2 rings (SSSR count). The minimum Gasteiger partial charge on any atom is -0.294 e. The van der Waals surface area contributed by atoms with E-state index < -0.39 is 5.41 Å². The molecule has 0 aromatic heterocycles. The van der Waals surface area contributed by atoms with Gasteiger partial charge in [-0.15, -0.1) is 0 Å². The van der Waals surface area contributed by atoms with E-state index in [1.807, 2.05) is 13.8 Å². The van der Waals surface area contributed by atoms with Gasteiger partial charge in [0.15, 0.2) is 5.78 Å². The number of Topliss-reactive ketones (excluding diaryl/α,β-unsaturated/α-hetero) is 1. The third-order valence-electron chi connectivity index (χ3n) is 2.67. The van der Waals surface area contributed by atoms with Crippen LogP contribution in [0.3, 0.4) is 0 Å². The molecule has 0 fully saturated rings. The molecular weight excluding hydrogens is 247 g/mol. The number of carbonyl (C=O) groups is 1. The van der Waals surface area contributed by atoms with Crippen LogP contribution in [0.4, 0.5) is 4.39 Å². The highest BCUT2D eigenvalue weighted by molar-refractivity contribution is 9.10. The summed E-state index contributed by atoms with van der Waals surface area (Å²) in [6, 6.07) is 2.99. The molecule has 0 heterocycles. The summed E-state index contributed by atoms with van der Waals surface area (Å²) in [7, 11) is 0. The largest absolute Gasteiger partial charge is 0.294 e. The minimum absolute atomic E-state index is 0.0267. The van der Waals surface area contributed by atoms with E-state index in [-0.39, 0.29) is 11.6 Å². The number of fused-ring (bicyclic) bond motifs is 1. The normalized spacial score (nSPS) is 18.4.